The number of oxazole rings is 1. The predicted molar refractivity (Wildman–Crippen MR) is 106 cm³/mol. The minimum Gasteiger partial charge on any atom is -0.446 e. The molecule has 0 fully saturated rings. The highest BCUT2D eigenvalue weighted by Gasteiger charge is 2.25. The van der Waals surface area contributed by atoms with E-state index in [-0.39, 0.29) is 53.3 Å². The molecule has 1 heterocycles. The van der Waals surface area contributed by atoms with Crippen molar-refractivity contribution in [1.82, 2.24) is 15.2 Å². The van der Waals surface area contributed by atoms with Gasteiger partial charge in [-0.15, -0.1) is 0 Å². The lowest BCUT2D eigenvalue weighted by molar-refractivity contribution is -0.384. The zero-order chi connectivity index (χ0) is 21.6. The number of nitro benzene ring substituents is 1. The maximum atomic E-state index is 13.0. The lowest BCUT2D eigenvalue weighted by Crippen LogP contribution is -2.38. The van der Waals surface area contributed by atoms with Crippen molar-refractivity contribution in [3.8, 4) is 0 Å². The normalized spacial score (nSPS) is 12.8. The Bertz CT molecular complexity index is 879. The molecule has 0 aliphatic rings. The fourth-order valence-electron chi connectivity index (χ4n) is 2.60. The fraction of sp³-hybridized carbons (Fsp3) is 0.450. The Labute approximate surface area is 169 Å². The molecule has 1 aromatic heterocycles. The number of nitrogens with zero attached hydrogens (tertiary/aromatic N) is 3. The number of non-ortho nitro benzene ring substituents is 1. The molecule has 0 bridgehead atoms. The average molecular weight is 402 g/mol. The van der Waals surface area contributed by atoms with Gasteiger partial charge in [0.1, 0.15) is 6.26 Å². The molecule has 156 valence electrons. The first-order valence-electron chi connectivity index (χ1n) is 9.57. The molecule has 1 aromatic carbocycles. The van der Waals surface area contributed by atoms with Gasteiger partial charge in [0.05, 0.1) is 11.5 Å². The molecule has 9 heteroatoms. The topological polar surface area (TPSA) is 119 Å². The Morgan fingerprint density at radius 2 is 2.00 bits per heavy atom. The molecule has 0 saturated heterocycles. The highest BCUT2D eigenvalue weighted by Crippen LogP contribution is 2.19. The summed E-state index contributed by atoms with van der Waals surface area (Å²) in [5.74, 6) is -0.486. The lowest BCUT2D eigenvalue weighted by Gasteiger charge is -2.27. The van der Waals surface area contributed by atoms with Gasteiger partial charge in [-0.3, -0.25) is 19.7 Å². The third kappa shape index (κ3) is 5.63. The smallest absolute Gasteiger partial charge is 0.273 e. The largest absolute Gasteiger partial charge is 0.446 e. The van der Waals surface area contributed by atoms with Gasteiger partial charge in [-0.05, 0) is 32.8 Å². The summed E-state index contributed by atoms with van der Waals surface area (Å²) in [4.78, 5) is 41.4. The van der Waals surface area contributed by atoms with E-state index in [0.29, 0.717) is 6.42 Å². The summed E-state index contributed by atoms with van der Waals surface area (Å²) in [6.45, 7) is 7.70. The molecule has 2 amide bonds. The molecule has 9 nitrogen and oxygen atoms in total. The molecule has 0 aliphatic carbocycles. The van der Waals surface area contributed by atoms with Gasteiger partial charge in [0.2, 0.25) is 5.89 Å². The number of rotatable bonds is 9. The predicted octanol–water partition coefficient (Wildman–Crippen LogP) is 3.55. The van der Waals surface area contributed by atoms with Crippen LogP contribution in [0.1, 0.15) is 67.3 Å². The highest BCUT2D eigenvalue weighted by atomic mass is 16.6. The summed E-state index contributed by atoms with van der Waals surface area (Å²) in [6, 6.07) is 5.44. The van der Waals surface area contributed by atoms with Gasteiger partial charge in [-0.2, -0.15) is 0 Å². The van der Waals surface area contributed by atoms with Crippen LogP contribution in [0.25, 0.3) is 0 Å². The molecule has 0 saturated carbocycles. The van der Waals surface area contributed by atoms with Crippen LogP contribution in [0.3, 0.4) is 0 Å². The van der Waals surface area contributed by atoms with Crippen molar-refractivity contribution >= 4 is 17.5 Å². The molecular formula is C20H26N4O5. The van der Waals surface area contributed by atoms with Crippen molar-refractivity contribution in [1.29, 1.82) is 0 Å². The number of benzene rings is 1. The van der Waals surface area contributed by atoms with Crippen LogP contribution in [0, 0.1) is 10.1 Å². The number of amides is 2. The third-order valence-electron chi connectivity index (χ3n) is 4.77. The lowest BCUT2D eigenvalue weighted by atomic mass is 10.1. The van der Waals surface area contributed by atoms with Crippen molar-refractivity contribution in [3.63, 3.8) is 0 Å². The molecule has 0 spiro atoms. The van der Waals surface area contributed by atoms with Gasteiger partial charge >= 0.3 is 0 Å². The summed E-state index contributed by atoms with van der Waals surface area (Å²) in [5, 5.41) is 13.8. The molecule has 2 aromatic rings. The van der Waals surface area contributed by atoms with E-state index >= 15 is 0 Å². The average Bonchev–Trinajstić information content (AvgIpc) is 3.19. The molecule has 29 heavy (non-hydrogen) atoms. The fourth-order valence-corrected chi connectivity index (χ4v) is 2.60. The molecule has 2 atom stereocenters. The first-order valence-corrected chi connectivity index (χ1v) is 9.57. The third-order valence-corrected chi connectivity index (χ3v) is 4.77. The van der Waals surface area contributed by atoms with Gasteiger partial charge in [0, 0.05) is 29.8 Å². The van der Waals surface area contributed by atoms with E-state index in [1.165, 1.54) is 35.4 Å². The highest BCUT2D eigenvalue weighted by molar-refractivity contribution is 5.95. The van der Waals surface area contributed by atoms with E-state index in [0.717, 1.165) is 6.42 Å². The van der Waals surface area contributed by atoms with Gasteiger partial charge in [0.25, 0.3) is 17.5 Å². The van der Waals surface area contributed by atoms with Gasteiger partial charge in [-0.1, -0.05) is 19.9 Å². The van der Waals surface area contributed by atoms with Crippen molar-refractivity contribution in [3.05, 3.63) is 57.8 Å². The summed E-state index contributed by atoms with van der Waals surface area (Å²) in [6.07, 6.45) is 2.72. The second-order valence-corrected chi connectivity index (χ2v) is 6.91. The molecule has 2 rings (SSSR count). The number of nitrogens with one attached hydrogen (secondary N) is 1. The Morgan fingerprint density at radius 3 is 2.62 bits per heavy atom. The summed E-state index contributed by atoms with van der Waals surface area (Å²) in [7, 11) is 0. The SMILES string of the molecule is CC[C@@H](C)NC(=O)c1coc(CN(C(=O)c2cccc([N+](=O)[O-])c2)[C@@H](C)CC)n1. The Morgan fingerprint density at radius 1 is 1.28 bits per heavy atom. The molecular weight excluding hydrogens is 376 g/mol. The summed E-state index contributed by atoms with van der Waals surface area (Å²) in [5.41, 5.74) is 0.202. The van der Waals surface area contributed by atoms with Crippen LogP contribution in [-0.4, -0.2) is 38.7 Å². The van der Waals surface area contributed by atoms with Crippen LogP contribution < -0.4 is 5.32 Å². The van der Waals surface area contributed by atoms with Crippen LogP contribution in [0.15, 0.2) is 34.9 Å². The van der Waals surface area contributed by atoms with Gasteiger partial charge in [-0.25, -0.2) is 4.98 Å². The molecule has 1 N–H and O–H groups in total. The monoisotopic (exact) mass is 402 g/mol. The minimum atomic E-state index is -0.541. The van der Waals surface area contributed by atoms with Crippen LogP contribution in [0.4, 0.5) is 5.69 Å². The van der Waals surface area contributed by atoms with Crippen LogP contribution in [0.2, 0.25) is 0 Å². The maximum Gasteiger partial charge on any atom is 0.273 e. The molecule has 0 unspecified atom stereocenters. The van der Waals surface area contributed by atoms with E-state index in [1.54, 1.807) is 0 Å². The van der Waals surface area contributed by atoms with Crippen LogP contribution in [0.5, 0.6) is 0 Å². The quantitative estimate of drug-likeness (QED) is 0.506. The Kier molecular flexibility index (Phi) is 7.46. The first kappa shape index (κ1) is 22.1. The van der Waals surface area contributed by atoms with Crippen LogP contribution >= 0.6 is 0 Å². The second-order valence-electron chi connectivity index (χ2n) is 6.91. The number of carbonyl (C=O) groups is 2. The van der Waals surface area contributed by atoms with E-state index in [4.69, 9.17) is 4.42 Å². The summed E-state index contributed by atoms with van der Waals surface area (Å²) < 4.78 is 5.40. The Balaban J connectivity index is 2.22. The maximum absolute atomic E-state index is 13.0. The van der Waals surface area contributed by atoms with Crippen LogP contribution in [-0.2, 0) is 6.54 Å². The number of carbonyl (C=O) groups excluding carboxylic acids is 2. The van der Waals surface area contributed by atoms with Gasteiger partial charge in [0.15, 0.2) is 5.69 Å². The number of hydrogen-bond donors (Lipinski definition) is 1. The minimum absolute atomic E-state index is 0.00899. The standard InChI is InChI=1S/C20H26N4O5/c1-5-13(3)21-19(25)17-12-29-18(22-17)11-23(14(4)6-2)20(26)15-8-7-9-16(10-15)24(27)28/h7-10,12-14H,5-6,11H2,1-4H3,(H,21,25)/t13-,14+/m1/s1. The van der Waals surface area contributed by atoms with E-state index in [1.807, 2.05) is 27.7 Å². The second kappa shape index (κ2) is 9.81. The number of aromatic nitrogens is 1. The molecule has 0 aliphatic heterocycles. The van der Waals surface area contributed by atoms with E-state index in [9.17, 15) is 19.7 Å². The van der Waals surface area contributed by atoms with Crippen molar-refractivity contribution in [2.45, 2.75) is 59.2 Å². The van der Waals surface area contributed by atoms with E-state index in [2.05, 4.69) is 10.3 Å². The summed E-state index contributed by atoms with van der Waals surface area (Å²) >= 11 is 0. The first-order chi connectivity index (χ1) is 13.8. The zero-order valence-electron chi connectivity index (χ0n) is 17.0. The Hall–Kier alpha value is -3.23. The van der Waals surface area contributed by atoms with Crippen molar-refractivity contribution < 1.29 is 18.9 Å². The van der Waals surface area contributed by atoms with Crippen molar-refractivity contribution in [2.75, 3.05) is 0 Å². The number of hydrogen-bond acceptors (Lipinski definition) is 6. The van der Waals surface area contributed by atoms with Gasteiger partial charge < -0.3 is 14.6 Å². The van der Waals surface area contributed by atoms with E-state index < -0.39 is 4.92 Å². The van der Waals surface area contributed by atoms with Crippen molar-refractivity contribution in [2.24, 2.45) is 0 Å². The zero-order valence-corrected chi connectivity index (χ0v) is 17.0. The number of nitro groups is 1. The molecule has 0 radical (unpaired) electrons.